The van der Waals surface area contributed by atoms with Crippen LogP contribution in [0.5, 0.6) is 0 Å². The van der Waals surface area contributed by atoms with E-state index in [2.05, 4.69) is 66.8 Å². The summed E-state index contributed by atoms with van der Waals surface area (Å²) in [7, 11) is 0. The minimum absolute atomic E-state index is 0.110. The average molecular weight is 407 g/mol. The number of anilines is 2. The molecule has 2 atom stereocenters. The highest BCUT2D eigenvalue weighted by molar-refractivity contribution is 5.99. The molecule has 1 aliphatic rings. The zero-order valence-corrected chi connectivity index (χ0v) is 17.7. The van der Waals surface area contributed by atoms with E-state index in [1.54, 1.807) is 0 Å². The molecule has 0 unspecified atom stereocenters. The molecule has 3 nitrogen and oxygen atoms in total. The van der Waals surface area contributed by atoms with Gasteiger partial charge in [-0.05, 0) is 53.4 Å². The van der Waals surface area contributed by atoms with Gasteiger partial charge in [0, 0.05) is 17.4 Å². The predicted octanol–water partition coefficient (Wildman–Crippen LogP) is 6.36. The van der Waals surface area contributed by atoms with Gasteiger partial charge in [-0.25, -0.2) is 0 Å². The minimum atomic E-state index is 0.110. The number of hydrogen-bond donors (Lipinski definition) is 1. The highest BCUT2D eigenvalue weighted by Crippen LogP contribution is 2.39. The van der Waals surface area contributed by atoms with Gasteiger partial charge in [-0.15, -0.1) is 0 Å². The van der Waals surface area contributed by atoms with Crippen LogP contribution in [0.4, 0.5) is 11.4 Å². The average Bonchev–Trinajstić information content (AvgIpc) is 2.80. The molecular formula is C28H26N2O. The van der Waals surface area contributed by atoms with Crippen LogP contribution in [0, 0.1) is 0 Å². The lowest BCUT2D eigenvalue weighted by molar-refractivity contribution is -0.118. The summed E-state index contributed by atoms with van der Waals surface area (Å²) in [5, 5.41) is 5.99. The van der Waals surface area contributed by atoms with Crippen LogP contribution in [0.25, 0.3) is 10.8 Å². The molecule has 0 bridgehead atoms. The molecule has 0 fully saturated rings. The Bertz CT molecular complexity index is 1210. The van der Waals surface area contributed by atoms with Crippen molar-refractivity contribution in [2.75, 3.05) is 10.2 Å². The van der Waals surface area contributed by atoms with E-state index >= 15 is 0 Å². The molecule has 0 aromatic heterocycles. The summed E-state index contributed by atoms with van der Waals surface area (Å²) in [4.78, 5) is 15.6. The van der Waals surface area contributed by atoms with Gasteiger partial charge in [-0.1, -0.05) is 78.9 Å². The summed E-state index contributed by atoms with van der Waals surface area (Å²) in [6.07, 6.45) is 1.27. The highest BCUT2D eigenvalue weighted by atomic mass is 16.2. The van der Waals surface area contributed by atoms with Gasteiger partial charge < -0.3 is 10.2 Å². The predicted molar refractivity (Wildman–Crippen MR) is 128 cm³/mol. The van der Waals surface area contributed by atoms with Crippen molar-refractivity contribution in [1.29, 1.82) is 0 Å². The number of rotatable bonds is 4. The van der Waals surface area contributed by atoms with Crippen molar-refractivity contribution < 1.29 is 4.79 Å². The summed E-state index contributed by atoms with van der Waals surface area (Å²) in [5.74, 6) is 0.148. The number of nitrogens with zero attached hydrogens (tertiary/aromatic N) is 1. The fourth-order valence-corrected chi connectivity index (χ4v) is 4.76. The first-order valence-corrected chi connectivity index (χ1v) is 10.9. The number of carbonyl (C=O) groups is 1. The maximum Gasteiger partial charge on any atom is 0.231 e. The van der Waals surface area contributed by atoms with E-state index in [0.29, 0.717) is 6.42 Å². The molecule has 0 saturated heterocycles. The lowest BCUT2D eigenvalue weighted by atomic mass is 9.90. The summed E-state index contributed by atoms with van der Waals surface area (Å²) in [6.45, 7) is 2.15. The number of amides is 1. The highest BCUT2D eigenvalue weighted by Gasteiger charge is 2.33. The largest absolute Gasteiger partial charge is 0.378 e. The number of para-hydroxylation sites is 2. The molecule has 4 aromatic carbocycles. The maximum atomic E-state index is 13.6. The number of nitrogens with one attached hydrogen (secondary N) is 1. The van der Waals surface area contributed by atoms with Gasteiger partial charge >= 0.3 is 0 Å². The second-order valence-electron chi connectivity index (χ2n) is 8.29. The molecule has 1 N–H and O–H groups in total. The molecule has 154 valence electrons. The Balaban J connectivity index is 1.45. The number of benzene rings is 4. The third-order valence-electron chi connectivity index (χ3n) is 6.19. The van der Waals surface area contributed by atoms with E-state index < -0.39 is 0 Å². The van der Waals surface area contributed by atoms with Gasteiger partial charge in [0.15, 0.2) is 0 Å². The van der Waals surface area contributed by atoms with Crippen molar-refractivity contribution in [3.05, 3.63) is 108 Å². The molecule has 1 aliphatic heterocycles. The van der Waals surface area contributed by atoms with Gasteiger partial charge in [0.05, 0.1) is 12.5 Å². The Kier molecular flexibility index (Phi) is 5.17. The number of fused-ring (bicyclic) bond motifs is 2. The van der Waals surface area contributed by atoms with E-state index in [1.807, 2.05) is 47.4 Å². The zero-order chi connectivity index (χ0) is 21.2. The third kappa shape index (κ3) is 3.79. The Morgan fingerprint density at radius 1 is 0.871 bits per heavy atom. The summed E-state index contributed by atoms with van der Waals surface area (Å²) >= 11 is 0. The van der Waals surface area contributed by atoms with Crippen LogP contribution in [-0.2, 0) is 11.2 Å². The fourth-order valence-electron chi connectivity index (χ4n) is 4.76. The first-order valence-electron chi connectivity index (χ1n) is 10.9. The van der Waals surface area contributed by atoms with Gasteiger partial charge in [0.2, 0.25) is 5.91 Å². The SMILES string of the molecule is C[C@H]1C[C@H](Nc2ccccc2)c2ccccc2N1C(=O)Cc1cccc2ccccc12. The first kappa shape index (κ1) is 19.4. The lowest BCUT2D eigenvalue weighted by Gasteiger charge is -2.40. The van der Waals surface area contributed by atoms with Crippen LogP contribution in [-0.4, -0.2) is 11.9 Å². The summed E-state index contributed by atoms with van der Waals surface area (Å²) < 4.78 is 0. The normalized spacial score (nSPS) is 17.9. The Morgan fingerprint density at radius 2 is 1.58 bits per heavy atom. The second-order valence-corrected chi connectivity index (χ2v) is 8.29. The molecule has 0 aliphatic carbocycles. The molecule has 5 rings (SSSR count). The van der Waals surface area contributed by atoms with Crippen molar-refractivity contribution >= 4 is 28.1 Å². The maximum absolute atomic E-state index is 13.6. The van der Waals surface area contributed by atoms with Crippen LogP contribution in [0.1, 0.15) is 30.5 Å². The molecule has 0 spiro atoms. The summed E-state index contributed by atoms with van der Waals surface area (Å²) in [6, 6.07) is 33.4. The van der Waals surface area contributed by atoms with Crippen molar-refractivity contribution in [1.82, 2.24) is 0 Å². The second kappa shape index (κ2) is 8.27. The Labute approximate surface area is 183 Å². The number of carbonyl (C=O) groups excluding carboxylic acids is 1. The Morgan fingerprint density at radius 3 is 2.45 bits per heavy atom. The molecule has 31 heavy (non-hydrogen) atoms. The topological polar surface area (TPSA) is 32.3 Å². The van der Waals surface area contributed by atoms with E-state index in [9.17, 15) is 4.79 Å². The van der Waals surface area contributed by atoms with Crippen molar-refractivity contribution in [2.45, 2.75) is 31.8 Å². The van der Waals surface area contributed by atoms with Crippen LogP contribution in [0.3, 0.4) is 0 Å². The van der Waals surface area contributed by atoms with Crippen LogP contribution in [0.2, 0.25) is 0 Å². The summed E-state index contributed by atoms with van der Waals surface area (Å²) in [5.41, 5.74) is 4.37. The van der Waals surface area contributed by atoms with E-state index in [4.69, 9.17) is 0 Å². The first-order chi connectivity index (χ1) is 15.2. The Hall–Kier alpha value is -3.59. The van der Waals surface area contributed by atoms with Gasteiger partial charge in [-0.3, -0.25) is 4.79 Å². The van der Waals surface area contributed by atoms with Crippen molar-refractivity contribution in [2.24, 2.45) is 0 Å². The molecular weight excluding hydrogens is 380 g/mol. The molecule has 3 heteroatoms. The molecule has 1 amide bonds. The smallest absolute Gasteiger partial charge is 0.231 e. The van der Waals surface area contributed by atoms with Crippen LogP contribution >= 0.6 is 0 Å². The van der Waals surface area contributed by atoms with E-state index in [1.165, 1.54) is 10.9 Å². The van der Waals surface area contributed by atoms with Crippen LogP contribution in [0.15, 0.2) is 97.1 Å². The van der Waals surface area contributed by atoms with Gasteiger partial charge in [0.1, 0.15) is 0 Å². The van der Waals surface area contributed by atoms with Crippen molar-refractivity contribution in [3.8, 4) is 0 Å². The lowest BCUT2D eigenvalue weighted by Crippen LogP contribution is -2.45. The molecule has 0 saturated carbocycles. The van der Waals surface area contributed by atoms with E-state index in [-0.39, 0.29) is 18.0 Å². The fraction of sp³-hybridized carbons (Fsp3) is 0.179. The standard InChI is InChI=1S/C28H26N2O/c1-20-18-26(29-23-13-3-2-4-14-23)25-16-7-8-17-27(25)30(20)28(31)19-22-12-9-11-21-10-5-6-15-24(21)22/h2-17,20,26,29H,18-19H2,1H3/t20-,26-/m0/s1. The monoisotopic (exact) mass is 406 g/mol. The number of hydrogen-bond acceptors (Lipinski definition) is 2. The van der Waals surface area contributed by atoms with Gasteiger partial charge in [-0.2, -0.15) is 0 Å². The van der Waals surface area contributed by atoms with Crippen LogP contribution < -0.4 is 10.2 Å². The molecule has 1 heterocycles. The quantitative estimate of drug-likeness (QED) is 0.428. The van der Waals surface area contributed by atoms with Crippen molar-refractivity contribution in [3.63, 3.8) is 0 Å². The zero-order valence-electron chi connectivity index (χ0n) is 17.7. The molecule has 0 radical (unpaired) electrons. The minimum Gasteiger partial charge on any atom is -0.378 e. The third-order valence-corrected chi connectivity index (χ3v) is 6.19. The van der Waals surface area contributed by atoms with Gasteiger partial charge in [0.25, 0.3) is 0 Å². The van der Waals surface area contributed by atoms with E-state index in [0.717, 1.165) is 28.7 Å². The molecule has 4 aromatic rings.